The van der Waals surface area contributed by atoms with E-state index in [1.165, 1.54) is 0 Å². The third-order valence-corrected chi connectivity index (χ3v) is 10.7. The van der Waals surface area contributed by atoms with Crippen molar-refractivity contribution >= 4 is 19.7 Å². The maximum absolute atomic E-state index is 14.4. The second kappa shape index (κ2) is 15.9. The number of carbonyl (C=O) groups is 2. The number of carbonyl (C=O) groups excluding carboxylic acids is 2. The van der Waals surface area contributed by atoms with Crippen molar-refractivity contribution in [3.63, 3.8) is 0 Å². The zero-order valence-corrected chi connectivity index (χ0v) is 26.0. The second-order valence-electron chi connectivity index (χ2n) is 11.3. The van der Waals surface area contributed by atoms with E-state index in [0.29, 0.717) is 5.75 Å². The fourth-order valence-electron chi connectivity index (χ4n) is 5.54. The Balaban J connectivity index is 1.26. The van der Waals surface area contributed by atoms with Crippen LogP contribution in [-0.2, 0) is 38.5 Å². The third-order valence-electron chi connectivity index (χ3n) is 7.98. The lowest BCUT2D eigenvalue weighted by Gasteiger charge is -2.41. The molecule has 0 radical (unpaired) electrons. The van der Waals surface area contributed by atoms with Gasteiger partial charge in [-0.25, -0.2) is 23.5 Å². The number of amides is 1. The van der Waals surface area contributed by atoms with Gasteiger partial charge in [0.15, 0.2) is 0 Å². The fourth-order valence-corrected chi connectivity index (χ4v) is 8.11. The molecule has 9 nitrogen and oxygen atoms in total. The van der Waals surface area contributed by atoms with Gasteiger partial charge in [-0.2, -0.15) is 0 Å². The smallest absolute Gasteiger partial charge is 0.408 e. The molecule has 1 atom stereocenters. The summed E-state index contributed by atoms with van der Waals surface area (Å²) < 4.78 is 35.8. The molecule has 5 rings (SSSR count). The van der Waals surface area contributed by atoms with Crippen molar-refractivity contribution in [3.05, 3.63) is 102 Å². The average molecular weight is 620 g/mol. The molecule has 2 heterocycles. The lowest BCUT2D eigenvalue weighted by molar-refractivity contribution is -0.147. The Morgan fingerprint density at radius 1 is 0.659 bits per heavy atom. The quantitative estimate of drug-likeness (QED) is 0.176. The molecule has 0 bridgehead atoms. The molecule has 0 saturated carbocycles. The van der Waals surface area contributed by atoms with Crippen LogP contribution in [0.3, 0.4) is 0 Å². The number of ether oxygens (including phenoxy) is 2. The minimum atomic E-state index is -3.22. The van der Waals surface area contributed by atoms with Crippen LogP contribution in [0.5, 0.6) is 5.75 Å². The van der Waals surface area contributed by atoms with Crippen molar-refractivity contribution in [2.45, 2.75) is 64.2 Å². The fraction of sp³-hybridized carbons (Fsp3) is 0.412. The molecule has 0 aromatic heterocycles. The van der Waals surface area contributed by atoms with E-state index in [1.807, 2.05) is 82.1 Å². The Morgan fingerprint density at radius 2 is 1.16 bits per heavy atom. The van der Waals surface area contributed by atoms with Crippen LogP contribution >= 0.6 is 7.67 Å². The van der Waals surface area contributed by atoms with Crippen molar-refractivity contribution in [1.29, 1.82) is 0 Å². The number of nitrogens with zero attached hydrogens (tertiary/aromatic N) is 2. The highest BCUT2D eigenvalue weighted by Crippen LogP contribution is 2.55. The van der Waals surface area contributed by atoms with Crippen molar-refractivity contribution in [2.24, 2.45) is 0 Å². The zero-order valence-electron chi connectivity index (χ0n) is 25.1. The number of hydrogen-bond donors (Lipinski definition) is 1. The van der Waals surface area contributed by atoms with Crippen LogP contribution < -0.4 is 9.84 Å². The summed E-state index contributed by atoms with van der Waals surface area (Å²) in [5.41, 5.74) is 2.47. The molecule has 0 unspecified atom stereocenters. The van der Waals surface area contributed by atoms with Crippen molar-refractivity contribution in [1.82, 2.24) is 14.7 Å². The second-order valence-corrected chi connectivity index (χ2v) is 13.6. The standard InChI is InChI=1S/C34H42N3O6P/c38-33(41-26-29-13-5-1-6-14-29)32(35-34(39)42-27-30-15-7-2-8-16-30)25-28-17-19-31(20-18-28)43-44(40,36-21-9-3-10-22-36)37-23-11-4-12-24-37/h1-2,5-8,13-20,32H,3-4,9-12,21-27H2,(H,35,39)/t32-/m0/s1. The van der Waals surface area contributed by atoms with E-state index in [-0.39, 0.29) is 19.6 Å². The SMILES string of the molecule is O=C(N[C@@H](Cc1ccc(OP(=O)(N2CCCCC2)N2CCCCC2)cc1)C(=O)OCc1ccccc1)OCc1ccccc1. The Hall–Kier alpha value is -3.65. The van der Waals surface area contributed by atoms with Gasteiger partial charge in [0.1, 0.15) is 25.0 Å². The van der Waals surface area contributed by atoms with E-state index in [9.17, 15) is 14.2 Å². The highest BCUT2D eigenvalue weighted by atomic mass is 31.2. The highest BCUT2D eigenvalue weighted by molar-refractivity contribution is 7.54. The molecular formula is C34H42N3O6P. The van der Waals surface area contributed by atoms with Crippen LogP contribution in [0.1, 0.15) is 55.2 Å². The van der Waals surface area contributed by atoms with Gasteiger partial charge in [0, 0.05) is 32.6 Å². The lowest BCUT2D eigenvalue weighted by atomic mass is 10.1. The largest absolute Gasteiger partial charge is 0.459 e. The summed E-state index contributed by atoms with van der Waals surface area (Å²) in [5.74, 6) is -0.0443. The van der Waals surface area contributed by atoms with Crippen LogP contribution in [-0.4, -0.2) is 53.6 Å². The number of benzene rings is 3. The first-order chi connectivity index (χ1) is 21.5. The molecule has 0 spiro atoms. The van der Waals surface area contributed by atoms with Gasteiger partial charge in [-0.3, -0.25) is 0 Å². The Kier molecular flexibility index (Phi) is 11.5. The monoisotopic (exact) mass is 619 g/mol. The van der Waals surface area contributed by atoms with E-state index < -0.39 is 25.8 Å². The number of alkyl carbamates (subject to hydrolysis) is 1. The Labute approximate surface area is 260 Å². The normalized spacial score (nSPS) is 16.9. The molecule has 1 N–H and O–H groups in total. The van der Waals surface area contributed by atoms with Crippen LogP contribution in [0.25, 0.3) is 0 Å². The molecule has 10 heteroatoms. The van der Waals surface area contributed by atoms with E-state index in [0.717, 1.165) is 81.4 Å². The Bertz CT molecular complexity index is 1360. The molecule has 2 aliphatic heterocycles. The molecule has 2 fully saturated rings. The van der Waals surface area contributed by atoms with Gasteiger partial charge in [0.25, 0.3) is 0 Å². The van der Waals surface area contributed by atoms with Gasteiger partial charge < -0.3 is 19.3 Å². The molecule has 2 aliphatic rings. The summed E-state index contributed by atoms with van der Waals surface area (Å²) in [7, 11) is -3.22. The molecule has 1 amide bonds. The van der Waals surface area contributed by atoms with E-state index in [1.54, 1.807) is 12.1 Å². The summed E-state index contributed by atoms with van der Waals surface area (Å²) >= 11 is 0. The van der Waals surface area contributed by atoms with Crippen LogP contribution in [0.15, 0.2) is 84.9 Å². The van der Waals surface area contributed by atoms with E-state index in [4.69, 9.17) is 14.0 Å². The highest BCUT2D eigenvalue weighted by Gasteiger charge is 2.41. The number of rotatable bonds is 12. The first kappa shape index (κ1) is 31.8. The first-order valence-electron chi connectivity index (χ1n) is 15.6. The molecule has 3 aromatic carbocycles. The Morgan fingerprint density at radius 3 is 1.68 bits per heavy atom. The lowest BCUT2D eigenvalue weighted by Crippen LogP contribution is -2.43. The number of piperidine rings is 2. The topological polar surface area (TPSA) is 97.4 Å². The van der Waals surface area contributed by atoms with Gasteiger partial charge in [-0.1, -0.05) is 85.6 Å². The van der Waals surface area contributed by atoms with E-state index >= 15 is 0 Å². The first-order valence-corrected chi connectivity index (χ1v) is 17.1. The number of hydrogen-bond acceptors (Lipinski definition) is 6. The zero-order chi connectivity index (χ0) is 30.6. The van der Waals surface area contributed by atoms with Gasteiger partial charge >= 0.3 is 19.7 Å². The molecule has 2 saturated heterocycles. The third kappa shape index (κ3) is 8.94. The van der Waals surface area contributed by atoms with E-state index in [2.05, 4.69) is 5.32 Å². The van der Waals surface area contributed by atoms with Crippen molar-refractivity contribution in [3.8, 4) is 5.75 Å². The van der Waals surface area contributed by atoms with Gasteiger partial charge in [-0.15, -0.1) is 0 Å². The van der Waals surface area contributed by atoms with Crippen molar-refractivity contribution in [2.75, 3.05) is 26.2 Å². The average Bonchev–Trinajstić information content (AvgIpc) is 3.08. The molecule has 234 valence electrons. The van der Waals surface area contributed by atoms with Gasteiger partial charge in [-0.05, 0) is 54.5 Å². The van der Waals surface area contributed by atoms with Gasteiger partial charge in [0.05, 0.1) is 0 Å². The number of esters is 1. The molecule has 0 aliphatic carbocycles. The minimum Gasteiger partial charge on any atom is -0.459 e. The van der Waals surface area contributed by atoms with Crippen molar-refractivity contribution < 1.29 is 28.2 Å². The summed E-state index contributed by atoms with van der Waals surface area (Å²) in [6, 6.07) is 25.0. The van der Waals surface area contributed by atoms with Crippen LogP contribution in [0.4, 0.5) is 4.79 Å². The maximum Gasteiger partial charge on any atom is 0.408 e. The molecular weight excluding hydrogens is 577 g/mol. The van der Waals surface area contributed by atoms with Crippen LogP contribution in [0, 0.1) is 0 Å². The summed E-state index contributed by atoms with van der Waals surface area (Å²) in [5, 5.41) is 2.69. The summed E-state index contributed by atoms with van der Waals surface area (Å²) in [4.78, 5) is 25.9. The minimum absolute atomic E-state index is 0.0819. The van der Waals surface area contributed by atoms with Gasteiger partial charge in [0.2, 0.25) is 0 Å². The predicted octanol–water partition coefficient (Wildman–Crippen LogP) is 6.73. The maximum atomic E-state index is 14.4. The molecule has 3 aromatic rings. The molecule has 44 heavy (non-hydrogen) atoms. The summed E-state index contributed by atoms with van der Waals surface area (Å²) in [6.07, 6.45) is 5.84. The van der Waals surface area contributed by atoms with Crippen LogP contribution in [0.2, 0.25) is 0 Å². The predicted molar refractivity (Wildman–Crippen MR) is 169 cm³/mol. The summed E-state index contributed by atoms with van der Waals surface area (Å²) in [6.45, 7) is 3.25. The number of nitrogens with one attached hydrogen (secondary N) is 1.